The third-order valence-electron chi connectivity index (χ3n) is 4.57. The number of ether oxygens (including phenoxy) is 2. The quantitative estimate of drug-likeness (QED) is 0.449. The Morgan fingerprint density at radius 3 is 1.89 bits per heavy atom. The summed E-state index contributed by atoms with van der Waals surface area (Å²) in [6.07, 6.45) is 0. The lowest BCUT2D eigenvalue weighted by atomic mass is 10.0. The maximum absolute atomic E-state index is 6.40. The lowest BCUT2D eigenvalue weighted by Gasteiger charge is -2.06. The van der Waals surface area contributed by atoms with Gasteiger partial charge in [0.15, 0.2) is 0 Å². The second kappa shape index (κ2) is 7.79. The van der Waals surface area contributed by atoms with E-state index in [0.29, 0.717) is 5.02 Å². The summed E-state index contributed by atoms with van der Waals surface area (Å²) in [4.78, 5) is 8.33. The van der Waals surface area contributed by atoms with Crippen LogP contribution in [0.1, 0.15) is 0 Å². The van der Waals surface area contributed by atoms with Crippen LogP contribution in [0.25, 0.3) is 33.9 Å². The lowest BCUT2D eigenvalue weighted by Crippen LogP contribution is -1.87. The van der Waals surface area contributed by atoms with Crippen LogP contribution < -0.4 is 9.47 Å². The molecule has 140 valence electrons. The zero-order chi connectivity index (χ0) is 19.5. The van der Waals surface area contributed by atoms with Crippen LogP contribution in [0.2, 0.25) is 5.02 Å². The zero-order valence-corrected chi connectivity index (χ0v) is 16.3. The number of halogens is 1. The molecular formula is C23H19ClN2O2. The van der Waals surface area contributed by atoms with E-state index in [-0.39, 0.29) is 0 Å². The Hall–Kier alpha value is -3.24. The summed E-state index contributed by atoms with van der Waals surface area (Å²) < 4.78 is 10.6. The fraction of sp³-hybridized carbons (Fsp3) is 0.0870. The van der Waals surface area contributed by atoms with Crippen molar-refractivity contribution in [2.24, 2.45) is 0 Å². The Labute approximate surface area is 168 Å². The number of aromatic amines is 1. The third-order valence-corrected chi connectivity index (χ3v) is 4.90. The number of hydrogen-bond donors (Lipinski definition) is 1. The van der Waals surface area contributed by atoms with Crippen LogP contribution >= 0.6 is 11.6 Å². The van der Waals surface area contributed by atoms with E-state index in [1.165, 1.54) is 0 Å². The largest absolute Gasteiger partial charge is 0.497 e. The summed E-state index contributed by atoms with van der Waals surface area (Å²) in [6.45, 7) is 0. The maximum Gasteiger partial charge on any atom is 0.140 e. The topological polar surface area (TPSA) is 47.1 Å². The molecule has 3 aromatic carbocycles. The molecule has 1 aromatic heterocycles. The predicted molar refractivity (Wildman–Crippen MR) is 113 cm³/mol. The summed E-state index contributed by atoms with van der Waals surface area (Å²) in [5.74, 6) is 2.33. The van der Waals surface area contributed by atoms with E-state index in [1.54, 1.807) is 14.2 Å². The number of nitrogens with one attached hydrogen (secondary N) is 1. The van der Waals surface area contributed by atoms with Crippen LogP contribution in [-0.2, 0) is 0 Å². The van der Waals surface area contributed by atoms with Crippen LogP contribution in [0.4, 0.5) is 0 Å². The Morgan fingerprint density at radius 2 is 1.32 bits per heavy atom. The van der Waals surface area contributed by atoms with Crippen molar-refractivity contribution >= 4 is 11.6 Å². The molecular weight excluding hydrogens is 372 g/mol. The van der Waals surface area contributed by atoms with Crippen molar-refractivity contribution in [3.05, 3.63) is 77.8 Å². The summed E-state index contributed by atoms with van der Waals surface area (Å²) >= 11 is 6.40. The van der Waals surface area contributed by atoms with Crippen molar-refractivity contribution in [2.45, 2.75) is 0 Å². The van der Waals surface area contributed by atoms with E-state index in [1.807, 2.05) is 72.8 Å². The molecule has 5 heteroatoms. The van der Waals surface area contributed by atoms with E-state index in [2.05, 4.69) is 4.98 Å². The molecule has 0 atom stereocenters. The molecule has 0 saturated heterocycles. The Balaban J connectivity index is 1.87. The number of hydrogen-bond acceptors (Lipinski definition) is 3. The molecule has 0 aliphatic rings. The van der Waals surface area contributed by atoms with Gasteiger partial charge in [-0.3, -0.25) is 0 Å². The Kier molecular flexibility index (Phi) is 5.04. The zero-order valence-electron chi connectivity index (χ0n) is 15.6. The van der Waals surface area contributed by atoms with Gasteiger partial charge in [-0.1, -0.05) is 23.7 Å². The van der Waals surface area contributed by atoms with Gasteiger partial charge in [0.2, 0.25) is 0 Å². The van der Waals surface area contributed by atoms with Crippen molar-refractivity contribution in [2.75, 3.05) is 14.2 Å². The summed E-state index contributed by atoms with van der Waals surface area (Å²) in [5.41, 5.74) is 4.63. The number of benzene rings is 3. The molecule has 0 unspecified atom stereocenters. The Morgan fingerprint density at radius 1 is 0.750 bits per heavy atom. The third kappa shape index (κ3) is 3.47. The number of H-pyrrole nitrogens is 1. The maximum atomic E-state index is 6.40. The van der Waals surface area contributed by atoms with Gasteiger partial charge >= 0.3 is 0 Å². The first-order valence-electron chi connectivity index (χ1n) is 8.83. The monoisotopic (exact) mass is 390 g/mol. The average Bonchev–Trinajstić information content (AvgIpc) is 3.19. The van der Waals surface area contributed by atoms with E-state index in [9.17, 15) is 0 Å². The van der Waals surface area contributed by atoms with Gasteiger partial charge in [-0.25, -0.2) is 4.98 Å². The van der Waals surface area contributed by atoms with Gasteiger partial charge in [0.25, 0.3) is 0 Å². The van der Waals surface area contributed by atoms with Crippen LogP contribution in [0.15, 0.2) is 72.8 Å². The van der Waals surface area contributed by atoms with Crippen molar-refractivity contribution in [3.63, 3.8) is 0 Å². The Bertz CT molecular complexity index is 1020. The minimum absolute atomic E-state index is 0.652. The van der Waals surface area contributed by atoms with Crippen LogP contribution in [0, 0.1) is 0 Å². The average molecular weight is 391 g/mol. The smallest absolute Gasteiger partial charge is 0.140 e. The highest BCUT2D eigenvalue weighted by molar-refractivity contribution is 6.33. The molecule has 4 rings (SSSR count). The molecule has 28 heavy (non-hydrogen) atoms. The van der Waals surface area contributed by atoms with E-state index in [0.717, 1.165) is 45.4 Å². The molecule has 1 heterocycles. The number of aromatic nitrogens is 2. The fourth-order valence-corrected chi connectivity index (χ4v) is 3.30. The molecule has 0 aliphatic carbocycles. The number of nitrogens with zero attached hydrogens (tertiary/aromatic N) is 1. The summed E-state index contributed by atoms with van der Waals surface area (Å²) in [7, 11) is 3.31. The minimum Gasteiger partial charge on any atom is -0.497 e. The molecule has 4 aromatic rings. The van der Waals surface area contributed by atoms with Gasteiger partial charge in [0, 0.05) is 16.7 Å². The molecule has 0 aliphatic heterocycles. The molecule has 0 saturated carbocycles. The summed E-state index contributed by atoms with van der Waals surface area (Å²) in [6, 6.07) is 23.4. The highest BCUT2D eigenvalue weighted by atomic mass is 35.5. The molecule has 0 radical (unpaired) electrons. The number of rotatable bonds is 5. The normalized spacial score (nSPS) is 10.7. The molecule has 4 nitrogen and oxygen atoms in total. The van der Waals surface area contributed by atoms with Gasteiger partial charge in [0.05, 0.1) is 30.6 Å². The second-order valence-corrected chi connectivity index (χ2v) is 6.65. The SMILES string of the molecule is COc1ccc(-c2nc(-c3ccccc3Cl)[nH]c2-c2ccc(OC)cc2)cc1. The highest BCUT2D eigenvalue weighted by Gasteiger charge is 2.17. The minimum atomic E-state index is 0.652. The van der Waals surface area contributed by atoms with E-state index >= 15 is 0 Å². The molecule has 0 spiro atoms. The number of imidazole rings is 1. The molecule has 0 fully saturated rings. The first kappa shape index (κ1) is 18.1. The van der Waals surface area contributed by atoms with Crippen molar-refractivity contribution in [3.8, 4) is 45.4 Å². The van der Waals surface area contributed by atoms with Crippen molar-refractivity contribution in [1.29, 1.82) is 0 Å². The van der Waals surface area contributed by atoms with Crippen LogP contribution in [-0.4, -0.2) is 24.2 Å². The first-order chi connectivity index (χ1) is 13.7. The summed E-state index contributed by atoms with van der Waals surface area (Å²) in [5, 5.41) is 0.652. The van der Waals surface area contributed by atoms with Crippen molar-refractivity contribution in [1.82, 2.24) is 9.97 Å². The fourth-order valence-electron chi connectivity index (χ4n) is 3.08. The lowest BCUT2D eigenvalue weighted by molar-refractivity contribution is 0.414. The molecule has 0 amide bonds. The van der Waals surface area contributed by atoms with E-state index < -0.39 is 0 Å². The molecule has 1 N–H and O–H groups in total. The number of methoxy groups -OCH3 is 2. The predicted octanol–water partition coefficient (Wildman–Crippen LogP) is 6.08. The van der Waals surface area contributed by atoms with Gasteiger partial charge < -0.3 is 14.5 Å². The standard InChI is InChI=1S/C23H19ClN2O2/c1-27-17-11-7-15(8-12-17)21-22(16-9-13-18(28-2)14-10-16)26-23(25-21)19-5-3-4-6-20(19)24/h3-14H,1-2H3,(H,25,26). The van der Waals surface area contributed by atoms with Crippen molar-refractivity contribution < 1.29 is 9.47 Å². The van der Waals surface area contributed by atoms with Gasteiger partial charge in [-0.05, 0) is 60.7 Å². The first-order valence-corrected chi connectivity index (χ1v) is 9.21. The van der Waals surface area contributed by atoms with E-state index in [4.69, 9.17) is 26.1 Å². The second-order valence-electron chi connectivity index (χ2n) is 6.25. The van der Waals surface area contributed by atoms with Crippen LogP contribution in [0.5, 0.6) is 11.5 Å². The molecule has 0 bridgehead atoms. The van der Waals surface area contributed by atoms with Gasteiger partial charge in [0.1, 0.15) is 17.3 Å². The van der Waals surface area contributed by atoms with Crippen LogP contribution in [0.3, 0.4) is 0 Å². The van der Waals surface area contributed by atoms with Gasteiger partial charge in [-0.15, -0.1) is 0 Å². The van der Waals surface area contributed by atoms with Gasteiger partial charge in [-0.2, -0.15) is 0 Å². The highest BCUT2D eigenvalue weighted by Crippen LogP contribution is 2.36.